The summed E-state index contributed by atoms with van der Waals surface area (Å²) in [6.07, 6.45) is 1.26. The number of nitrogens with zero attached hydrogens (tertiary/aromatic N) is 6. The highest BCUT2D eigenvalue weighted by atomic mass is 35.5. The highest BCUT2D eigenvalue weighted by Gasteiger charge is 2.31. The van der Waals surface area contributed by atoms with E-state index in [0.29, 0.717) is 48.6 Å². The van der Waals surface area contributed by atoms with E-state index in [1.807, 2.05) is 46.4 Å². The summed E-state index contributed by atoms with van der Waals surface area (Å²) < 4.78 is 22.0. The maximum Gasteiger partial charge on any atom is 0.410 e. The topological polar surface area (TPSA) is 104 Å². The van der Waals surface area contributed by atoms with Gasteiger partial charge in [0, 0.05) is 43.3 Å². The number of hydrogen-bond acceptors (Lipinski definition) is 7. The molecule has 1 fully saturated rings. The zero-order chi connectivity index (χ0) is 31.9. The molecule has 1 aromatic carbocycles. The van der Waals surface area contributed by atoms with Crippen molar-refractivity contribution in [1.82, 2.24) is 19.4 Å². The molecule has 4 heterocycles. The fourth-order valence-electron chi connectivity index (χ4n) is 5.47. The zero-order valence-electron chi connectivity index (χ0n) is 25.6. The van der Waals surface area contributed by atoms with Gasteiger partial charge in [-0.1, -0.05) is 37.6 Å². The number of ether oxygens (including phenoxy) is 1. The lowest BCUT2D eigenvalue weighted by atomic mass is 10.0. The predicted octanol–water partition coefficient (Wildman–Crippen LogP) is 6.60. The summed E-state index contributed by atoms with van der Waals surface area (Å²) in [5.41, 5.74) is 1.58. The van der Waals surface area contributed by atoms with Crippen molar-refractivity contribution in [2.75, 3.05) is 31.1 Å². The van der Waals surface area contributed by atoms with Gasteiger partial charge in [-0.2, -0.15) is 5.26 Å². The zero-order valence-corrected chi connectivity index (χ0v) is 26.4. The van der Waals surface area contributed by atoms with E-state index < -0.39 is 23.1 Å². The summed E-state index contributed by atoms with van der Waals surface area (Å²) >= 11 is 6.79. The molecule has 1 aliphatic rings. The maximum atomic E-state index is 15.0. The molecule has 0 N–H and O–H groups in total. The lowest BCUT2D eigenvalue weighted by Crippen LogP contribution is -2.50. The van der Waals surface area contributed by atoms with E-state index in [2.05, 4.69) is 11.1 Å². The van der Waals surface area contributed by atoms with Crippen molar-refractivity contribution in [3.8, 4) is 23.0 Å². The van der Waals surface area contributed by atoms with E-state index in [9.17, 15) is 14.9 Å². The SMILES string of the molecule is Cc1ccnc(C(C)C)c1-n1c(=O)c(C#N)c(N2CCN(C(=O)OC(C)(C)C)CC2)c2cc(Cl)c(-c3ccccc3F)nc21. The van der Waals surface area contributed by atoms with Gasteiger partial charge in [0.05, 0.1) is 27.8 Å². The van der Waals surface area contributed by atoms with Gasteiger partial charge in [0.25, 0.3) is 5.56 Å². The second kappa shape index (κ2) is 11.9. The molecule has 11 heteroatoms. The molecule has 4 aromatic rings. The van der Waals surface area contributed by atoms with Gasteiger partial charge in [0.15, 0.2) is 0 Å². The third kappa shape index (κ3) is 5.72. The minimum atomic E-state index is -0.638. The van der Waals surface area contributed by atoms with Gasteiger partial charge in [-0.05, 0) is 63.4 Å². The molecule has 0 radical (unpaired) electrons. The van der Waals surface area contributed by atoms with Crippen LogP contribution in [0.4, 0.5) is 14.9 Å². The Labute approximate surface area is 260 Å². The number of halogens is 2. The molecule has 0 saturated carbocycles. The number of rotatable bonds is 4. The monoisotopic (exact) mass is 616 g/mol. The van der Waals surface area contributed by atoms with Crippen LogP contribution in [0.1, 0.15) is 57.4 Å². The van der Waals surface area contributed by atoms with Crippen LogP contribution in [-0.2, 0) is 4.74 Å². The standard InChI is InChI=1S/C33H34ClFN6O3/c1-19(2)26-28(20(3)11-12-37-26)41-30-22(17-24(34)27(38-30)21-9-7-8-10-25(21)35)29(23(18-36)31(41)42)39-13-15-40(16-14-39)32(43)44-33(4,5)6/h7-12,17,19H,13-16H2,1-6H3. The highest BCUT2D eigenvalue weighted by molar-refractivity contribution is 6.34. The Hall–Kier alpha value is -4.49. The first kappa shape index (κ1) is 31.0. The van der Waals surface area contributed by atoms with Crippen molar-refractivity contribution in [2.24, 2.45) is 0 Å². The number of fused-ring (bicyclic) bond motifs is 1. The van der Waals surface area contributed by atoms with E-state index in [0.717, 1.165) is 5.56 Å². The number of amides is 1. The summed E-state index contributed by atoms with van der Waals surface area (Å²) in [6, 6.07) is 11.7. The molecule has 5 rings (SSSR count). The maximum absolute atomic E-state index is 15.0. The third-order valence-corrected chi connectivity index (χ3v) is 7.78. The van der Waals surface area contributed by atoms with Crippen LogP contribution >= 0.6 is 11.6 Å². The highest BCUT2D eigenvalue weighted by Crippen LogP contribution is 2.38. The average Bonchev–Trinajstić information content (AvgIpc) is 2.96. The van der Waals surface area contributed by atoms with Crippen LogP contribution in [0.3, 0.4) is 0 Å². The van der Waals surface area contributed by atoms with E-state index in [1.54, 1.807) is 41.4 Å². The molecule has 1 aliphatic heterocycles. The van der Waals surface area contributed by atoms with Crippen LogP contribution in [0.2, 0.25) is 5.02 Å². The Kier molecular flexibility index (Phi) is 8.36. The molecule has 9 nitrogen and oxygen atoms in total. The van der Waals surface area contributed by atoms with E-state index in [1.165, 1.54) is 10.6 Å². The summed E-state index contributed by atoms with van der Waals surface area (Å²) in [5, 5.41) is 11.0. The number of aryl methyl sites for hydroxylation is 1. The van der Waals surface area contributed by atoms with Gasteiger partial charge in [-0.25, -0.2) is 14.2 Å². The van der Waals surface area contributed by atoms with E-state index in [-0.39, 0.29) is 33.4 Å². The molecule has 3 aromatic heterocycles. The number of pyridine rings is 3. The molecular formula is C33H34ClFN6O3. The number of anilines is 1. The molecule has 0 atom stereocenters. The first-order valence-electron chi connectivity index (χ1n) is 14.5. The number of nitriles is 1. The first-order chi connectivity index (χ1) is 20.8. The molecule has 1 saturated heterocycles. The molecule has 1 amide bonds. The summed E-state index contributed by atoms with van der Waals surface area (Å²) in [5.74, 6) is -0.570. The minimum absolute atomic E-state index is 0.0590. The fraction of sp³-hybridized carbons (Fsp3) is 0.364. The number of aromatic nitrogens is 3. The van der Waals surface area contributed by atoms with Crippen LogP contribution < -0.4 is 10.5 Å². The average molecular weight is 617 g/mol. The number of carbonyl (C=O) groups excluding carboxylic acids is 1. The van der Waals surface area contributed by atoms with Gasteiger partial charge in [0.1, 0.15) is 28.7 Å². The molecule has 0 bridgehead atoms. The smallest absolute Gasteiger partial charge is 0.410 e. The molecule has 228 valence electrons. The largest absolute Gasteiger partial charge is 0.444 e. The Morgan fingerprint density at radius 3 is 2.41 bits per heavy atom. The Morgan fingerprint density at radius 2 is 1.80 bits per heavy atom. The summed E-state index contributed by atoms with van der Waals surface area (Å²) in [6.45, 7) is 12.5. The lowest BCUT2D eigenvalue weighted by molar-refractivity contribution is 0.0240. The van der Waals surface area contributed by atoms with E-state index in [4.69, 9.17) is 21.3 Å². The number of hydrogen-bond donors (Lipinski definition) is 0. The predicted molar refractivity (Wildman–Crippen MR) is 169 cm³/mol. The van der Waals surface area contributed by atoms with Crippen LogP contribution in [-0.4, -0.2) is 57.3 Å². The number of piperazine rings is 1. The summed E-state index contributed by atoms with van der Waals surface area (Å²) in [7, 11) is 0. The van der Waals surface area contributed by atoms with Crippen molar-refractivity contribution in [3.63, 3.8) is 0 Å². The van der Waals surface area contributed by atoms with Gasteiger partial charge in [-0.15, -0.1) is 0 Å². The van der Waals surface area contributed by atoms with Crippen molar-refractivity contribution in [3.05, 3.63) is 80.6 Å². The quantitative estimate of drug-likeness (QED) is 0.254. The van der Waals surface area contributed by atoms with Crippen LogP contribution in [0.5, 0.6) is 0 Å². The number of carbonyl (C=O) groups is 1. The van der Waals surface area contributed by atoms with Gasteiger partial charge < -0.3 is 14.5 Å². The van der Waals surface area contributed by atoms with Crippen molar-refractivity contribution >= 4 is 34.4 Å². The van der Waals surface area contributed by atoms with Crippen molar-refractivity contribution < 1.29 is 13.9 Å². The van der Waals surface area contributed by atoms with Crippen molar-refractivity contribution in [1.29, 1.82) is 5.26 Å². The van der Waals surface area contributed by atoms with Crippen LogP contribution in [0.15, 0.2) is 47.4 Å². The van der Waals surface area contributed by atoms with Gasteiger partial charge in [-0.3, -0.25) is 14.3 Å². The minimum Gasteiger partial charge on any atom is -0.444 e. The Morgan fingerprint density at radius 1 is 1.11 bits per heavy atom. The molecule has 0 spiro atoms. The molecular weight excluding hydrogens is 583 g/mol. The van der Waals surface area contributed by atoms with E-state index >= 15 is 4.39 Å². The third-order valence-electron chi connectivity index (χ3n) is 7.49. The number of benzene rings is 1. The Balaban J connectivity index is 1.77. The molecule has 0 unspecified atom stereocenters. The Bertz CT molecular complexity index is 1870. The first-order valence-corrected chi connectivity index (χ1v) is 14.8. The fourth-order valence-corrected chi connectivity index (χ4v) is 5.72. The normalized spacial score (nSPS) is 13.8. The van der Waals surface area contributed by atoms with Crippen LogP contribution in [0, 0.1) is 24.1 Å². The van der Waals surface area contributed by atoms with Gasteiger partial charge in [0.2, 0.25) is 0 Å². The van der Waals surface area contributed by atoms with Crippen molar-refractivity contribution in [2.45, 2.75) is 53.1 Å². The molecule has 44 heavy (non-hydrogen) atoms. The lowest BCUT2D eigenvalue weighted by Gasteiger charge is -2.37. The second-order valence-electron chi connectivity index (χ2n) is 12.1. The molecule has 0 aliphatic carbocycles. The van der Waals surface area contributed by atoms with Gasteiger partial charge >= 0.3 is 6.09 Å². The summed E-state index contributed by atoms with van der Waals surface area (Å²) in [4.78, 5) is 40.0. The second-order valence-corrected chi connectivity index (χ2v) is 12.5. The van der Waals surface area contributed by atoms with Crippen LogP contribution in [0.25, 0.3) is 28.0 Å².